The Morgan fingerprint density at radius 3 is 2.62 bits per heavy atom. The average Bonchev–Trinajstić information content (AvgIpc) is 2.93. The van der Waals surface area contributed by atoms with Gasteiger partial charge in [-0.05, 0) is 43.9 Å². The number of rotatable bonds is 3. The van der Waals surface area contributed by atoms with Crippen LogP contribution >= 0.6 is 0 Å². The van der Waals surface area contributed by atoms with Crippen molar-refractivity contribution >= 4 is 15.9 Å². The van der Waals surface area contributed by atoms with Gasteiger partial charge in [0.25, 0.3) is 10.0 Å². The summed E-state index contributed by atoms with van der Waals surface area (Å²) in [5.41, 5.74) is 1.57. The van der Waals surface area contributed by atoms with Crippen LogP contribution in [0, 0.1) is 12.8 Å². The van der Waals surface area contributed by atoms with E-state index in [2.05, 4.69) is 19.5 Å². The normalized spacial score (nSPS) is 19.1. The maximum absolute atomic E-state index is 12.2. The van der Waals surface area contributed by atoms with Crippen molar-refractivity contribution in [1.82, 2.24) is 15.1 Å². The Balaban J connectivity index is 1.38. The number of hydrogen-bond acceptors (Lipinski definition) is 6. The van der Waals surface area contributed by atoms with Crippen LogP contribution in [0.1, 0.15) is 24.1 Å². The van der Waals surface area contributed by atoms with Gasteiger partial charge in [-0.3, -0.25) is 0 Å². The summed E-state index contributed by atoms with van der Waals surface area (Å²) in [5, 5.41) is 8.00. The second-order valence-corrected chi connectivity index (χ2v) is 8.21. The topological polar surface area (TPSA) is 84.8 Å². The van der Waals surface area contributed by atoms with Gasteiger partial charge in [-0.15, -0.1) is 9.50 Å². The highest BCUT2D eigenvalue weighted by Gasteiger charge is 2.33. The SMILES string of the molecule is Cc1ccc(OCC2CCN(C3=NS(=O)(=O)c4ccccc43)CC2)nn1. The Labute approximate surface area is 152 Å². The van der Waals surface area contributed by atoms with Crippen LogP contribution in [0.2, 0.25) is 0 Å². The zero-order chi connectivity index (χ0) is 18.1. The first-order valence-electron chi connectivity index (χ1n) is 8.65. The highest BCUT2D eigenvalue weighted by molar-refractivity contribution is 7.90. The van der Waals surface area contributed by atoms with Crippen molar-refractivity contribution < 1.29 is 13.2 Å². The van der Waals surface area contributed by atoms with Gasteiger partial charge in [0.15, 0.2) is 5.84 Å². The average molecular weight is 372 g/mol. The molecule has 7 nitrogen and oxygen atoms in total. The summed E-state index contributed by atoms with van der Waals surface area (Å²) in [6, 6.07) is 10.7. The molecule has 136 valence electrons. The van der Waals surface area contributed by atoms with Crippen molar-refractivity contribution in [3.63, 3.8) is 0 Å². The zero-order valence-corrected chi connectivity index (χ0v) is 15.3. The third kappa shape index (κ3) is 3.29. The Morgan fingerprint density at radius 1 is 1.12 bits per heavy atom. The predicted octanol–water partition coefficient (Wildman–Crippen LogP) is 2.02. The molecular formula is C18H20N4O3S. The maximum Gasteiger partial charge on any atom is 0.285 e. The molecule has 0 radical (unpaired) electrons. The molecule has 4 rings (SSSR count). The highest BCUT2D eigenvalue weighted by atomic mass is 32.2. The molecule has 1 fully saturated rings. The summed E-state index contributed by atoms with van der Waals surface area (Å²) in [4.78, 5) is 2.37. The van der Waals surface area contributed by atoms with Crippen molar-refractivity contribution in [2.45, 2.75) is 24.7 Å². The molecule has 1 aromatic carbocycles. The molecule has 2 aliphatic rings. The quantitative estimate of drug-likeness (QED) is 0.820. The van der Waals surface area contributed by atoms with Gasteiger partial charge >= 0.3 is 0 Å². The number of piperidine rings is 1. The monoisotopic (exact) mass is 372 g/mol. The smallest absolute Gasteiger partial charge is 0.285 e. The van der Waals surface area contributed by atoms with Crippen LogP contribution in [0.3, 0.4) is 0 Å². The number of likely N-dealkylation sites (tertiary alicyclic amines) is 1. The van der Waals surface area contributed by atoms with Crippen molar-refractivity contribution in [3.8, 4) is 5.88 Å². The molecule has 8 heteroatoms. The molecule has 2 aromatic rings. The second-order valence-electron chi connectivity index (χ2n) is 6.64. The molecule has 1 saturated heterocycles. The second kappa shape index (κ2) is 6.68. The van der Waals surface area contributed by atoms with E-state index >= 15 is 0 Å². The molecular weight excluding hydrogens is 352 g/mol. The van der Waals surface area contributed by atoms with Crippen LogP contribution in [0.25, 0.3) is 0 Å². The van der Waals surface area contributed by atoms with Gasteiger partial charge in [0, 0.05) is 24.7 Å². The fourth-order valence-corrected chi connectivity index (χ4v) is 4.52. The van der Waals surface area contributed by atoms with Gasteiger partial charge in [0.2, 0.25) is 5.88 Å². The molecule has 0 atom stereocenters. The molecule has 0 spiro atoms. The number of hydrogen-bond donors (Lipinski definition) is 0. The number of nitrogens with zero attached hydrogens (tertiary/aromatic N) is 4. The van der Waals surface area contributed by atoms with E-state index in [1.54, 1.807) is 12.1 Å². The van der Waals surface area contributed by atoms with Crippen LogP contribution in [0.5, 0.6) is 5.88 Å². The zero-order valence-electron chi connectivity index (χ0n) is 14.5. The molecule has 3 heterocycles. The minimum Gasteiger partial charge on any atom is -0.476 e. The third-order valence-corrected chi connectivity index (χ3v) is 6.09. The Bertz CT molecular complexity index is 933. The summed E-state index contributed by atoms with van der Waals surface area (Å²) >= 11 is 0. The van der Waals surface area contributed by atoms with E-state index in [-0.39, 0.29) is 0 Å². The van der Waals surface area contributed by atoms with Gasteiger partial charge < -0.3 is 9.64 Å². The largest absolute Gasteiger partial charge is 0.476 e. The number of fused-ring (bicyclic) bond motifs is 1. The van der Waals surface area contributed by atoms with E-state index in [0.29, 0.717) is 34.7 Å². The van der Waals surface area contributed by atoms with Crippen molar-refractivity contribution in [3.05, 3.63) is 47.7 Å². The van der Waals surface area contributed by atoms with Crippen LogP contribution in [-0.4, -0.2) is 49.0 Å². The molecule has 0 N–H and O–H groups in total. The van der Waals surface area contributed by atoms with Crippen LogP contribution in [0.15, 0.2) is 45.7 Å². The van der Waals surface area contributed by atoms with E-state index in [9.17, 15) is 8.42 Å². The number of sulfonamides is 1. The maximum atomic E-state index is 12.2. The molecule has 0 saturated carbocycles. The van der Waals surface area contributed by atoms with Gasteiger partial charge in [-0.1, -0.05) is 12.1 Å². The summed E-state index contributed by atoms with van der Waals surface area (Å²) in [6.07, 6.45) is 1.83. The van der Waals surface area contributed by atoms with Crippen LogP contribution < -0.4 is 4.74 Å². The number of ether oxygens (including phenoxy) is 1. The molecule has 1 aromatic heterocycles. The van der Waals surface area contributed by atoms with Crippen molar-refractivity contribution in [1.29, 1.82) is 0 Å². The molecule has 0 bridgehead atoms. The fourth-order valence-electron chi connectivity index (χ4n) is 3.29. The van der Waals surface area contributed by atoms with Crippen molar-refractivity contribution in [2.24, 2.45) is 10.3 Å². The van der Waals surface area contributed by atoms with Gasteiger partial charge in [0.1, 0.15) is 4.90 Å². The first-order valence-corrected chi connectivity index (χ1v) is 10.1. The fraction of sp³-hybridized carbons (Fsp3) is 0.389. The minimum atomic E-state index is -3.56. The minimum absolute atomic E-state index is 0.304. The standard InChI is InChI=1S/C18H20N4O3S/c1-13-6-7-17(20-19-13)25-12-14-8-10-22(11-9-14)18-15-4-2-3-5-16(15)26(23,24)21-18/h2-7,14H,8-12H2,1H3. The number of aromatic nitrogens is 2. The van der Waals surface area contributed by atoms with E-state index in [4.69, 9.17) is 4.74 Å². The van der Waals surface area contributed by atoms with E-state index in [1.807, 2.05) is 31.2 Å². The lowest BCUT2D eigenvalue weighted by atomic mass is 9.97. The van der Waals surface area contributed by atoms with E-state index < -0.39 is 10.0 Å². The Hall–Kier alpha value is -2.48. The third-order valence-electron chi connectivity index (χ3n) is 4.77. The first-order chi connectivity index (χ1) is 12.5. The van der Waals surface area contributed by atoms with Gasteiger partial charge in [0.05, 0.1) is 12.3 Å². The first kappa shape index (κ1) is 17.0. The number of aryl methyl sites for hydroxylation is 1. The number of amidine groups is 1. The Morgan fingerprint density at radius 2 is 1.88 bits per heavy atom. The van der Waals surface area contributed by atoms with Crippen LogP contribution in [0.4, 0.5) is 0 Å². The lowest BCUT2D eigenvalue weighted by Gasteiger charge is -2.33. The number of benzene rings is 1. The molecule has 26 heavy (non-hydrogen) atoms. The van der Waals surface area contributed by atoms with Gasteiger partial charge in [-0.25, -0.2) is 0 Å². The summed E-state index contributed by atoms with van der Waals surface area (Å²) in [5.74, 6) is 1.52. The van der Waals surface area contributed by atoms with Gasteiger partial charge in [-0.2, -0.15) is 13.5 Å². The summed E-state index contributed by atoms with van der Waals surface area (Å²) in [7, 11) is -3.56. The van der Waals surface area contributed by atoms with Crippen molar-refractivity contribution in [2.75, 3.05) is 19.7 Å². The highest BCUT2D eigenvalue weighted by Crippen LogP contribution is 2.29. The summed E-state index contributed by atoms with van der Waals surface area (Å²) < 4.78 is 34.1. The Kier molecular flexibility index (Phi) is 4.36. The van der Waals surface area contributed by atoms with Crippen LogP contribution in [-0.2, 0) is 10.0 Å². The lowest BCUT2D eigenvalue weighted by Crippen LogP contribution is -2.39. The predicted molar refractivity (Wildman–Crippen MR) is 96.7 cm³/mol. The molecule has 0 amide bonds. The van der Waals surface area contributed by atoms with E-state index in [0.717, 1.165) is 31.6 Å². The molecule has 2 aliphatic heterocycles. The van der Waals surface area contributed by atoms with E-state index in [1.165, 1.54) is 0 Å². The lowest BCUT2D eigenvalue weighted by molar-refractivity contribution is 0.176. The molecule has 0 unspecified atom stereocenters. The molecule has 0 aliphatic carbocycles. The summed E-state index contributed by atoms with van der Waals surface area (Å²) in [6.45, 7) is 4.00.